The predicted molar refractivity (Wildman–Crippen MR) is 64.0 cm³/mol. The lowest BCUT2D eigenvalue weighted by molar-refractivity contribution is -0.0713. The highest BCUT2D eigenvalue weighted by Gasteiger charge is 2.22. The smallest absolute Gasteiger partial charge is 0.0720 e. The lowest BCUT2D eigenvalue weighted by atomic mass is 10.0. The van der Waals surface area contributed by atoms with E-state index in [9.17, 15) is 0 Å². The van der Waals surface area contributed by atoms with E-state index in [-0.39, 0.29) is 11.7 Å². The fourth-order valence-electron chi connectivity index (χ4n) is 1.29. The molecular weight excluding hydrogens is 196 g/mol. The molecule has 0 spiro atoms. The first-order valence-electron chi connectivity index (χ1n) is 5.69. The van der Waals surface area contributed by atoms with Crippen LogP contribution in [0.4, 0.5) is 0 Å². The van der Waals surface area contributed by atoms with Crippen LogP contribution < -0.4 is 0 Å². The Labute approximate surface area is 94.2 Å². The van der Waals surface area contributed by atoms with Crippen molar-refractivity contribution in [1.82, 2.24) is 0 Å². The van der Waals surface area contributed by atoms with Crippen LogP contribution in [-0.2, 0) is 4.74 Å². The van der Waals surface area contributed by atoms with Gasteiger partial charge in [0.25, 0.3) is 0 Å². The van der Waals surface area contributed by atoms with Crippen molar-refractivity contribution in [2.24, 2.45) is 5.92 Å². The summed E-state index contributed by atoms with van der Waals surface area (Å²) in [5, 5.41) is 0. The molecule has 0 bridgehead atoms. The highest BCUT2D eigenvalue weighted by molar-refractivity contribution is 6.18. The molecule has 0 radical (unpaired) electrons. The molecular formula is C12H25ClO. The summed E-state index contributed by atoms with van der Waals surface area (Å²) in [5.41, 5.74) is -0.0347. The van der Waals surface area contributed by atoms with Crippen molar-refractivity contribution in [2.45, 2.75) is 65.6 Å². The molecule has 0 heterocycles. The Morgan fingerprint density at radius 2 is 1.86 bits per heavy atom. The molecule has 0 aliphatic carbocycles. The second kappa shape index (κ2) is 6.68. The molecule has 0 aliphatic rings. The number of halogens is 1. The monoisotopic (exact) mass is 220 g/mol. The molecule has 0 saturated carbocycles. The van der Waals surface area contributed by atoms with Crippen LogP contribution in [0, 0.1) is 5.92 Å². The number of hydrogen-bond donors (Lipinski definition) is 0. The lowest BCUT2D eigenvalue weighted by Crippen LogP contribution is -2.32. The summed E-state index contributed by atoms with van der Waals surface area (Å²) in [6, 6.07) is 0. The molecule has 0 amide bonds. The fourth-order valence-corrected chi connectivity index (χ4v) is 1.48. The van der Waals surface area contributed by atoms with E-state index < -0.39 is 0 Å². The Kier molecular flexibility index (Phi) is 6.80. The summed E-state index contributed by atoms with van der Waals surface area (Å²) in [5.74, 6) is 1.31. The summed E-state index contributed by atoms with van der Waals surface area (Å²) in [4.78, 5) is 0. The third kappa shape index (κ3) is 5.87. The van der Waals surface area contributed by atoms with E-state index in [1.165, 1.54) is 6.42 Å². The van der Waals surface area contributed by atoms with Gasteiger partial charge in [0.2, 0.25) is 0 Å². The Bertz CT molecular complexity index is 145. The molecule has 2 heteroatoms. The average Bonchev–Trinajstić information content (AvgIpc) is 2.16. The summed E-state index contributed by atoms with van der Waals surface area (Å²) >= 11 is 5.91. The second-order valence-electron chi connectivity index (χ2n) is 4.76. The van der Waals surface area contributed by atoms with E-state index in [1.54, 1.807) is 0 Å². The van der Waals surface area contributed by atoms with Gasteiger partial charge in [0.05, 0.1) is 11.7 Å². The van der Waals surface area contributed by atoms with E-state index in [2.05, 4.69) is 34.6 Å². The summed E-state index contributed by atoms with van der Waals surface area (Å²) in [6.45, 7) is 10.9. The van der Waals surface area contributed by atoms with E-state index in [0.717, 1.165) is 12.8 Å². The number of ether oxygens (including phenoxy) is 1. The standard InChI is InChI=1S/C12H25ClO/c1-6-10(3)8-11(9-13)14-12(4,5)7-2/h10-11H,6-9H2,1-5H3. The Morgan fingerprint density at radius 1 is 1.29 bits per heavy atom. The van der Waals surface area contributed by atoms with Crippen LogP contribution in [0.15, 0.2) is 0 Å². The number of alkyl halides is 1. The normalized spacial score (nSPS) is 16.7. The molecule has 0 rings (SSSR count). The van der Waals surface area contributed by atoms with E-state index >= 15 is 0 Å². The van der Waals surface area contributed by atoms with Gasteiger partial charge in [0.15, 0.2) is 0 Å². The Morgan fingerprint density at radius 3 is 2.21 bits per heavy atom. The number of rotatable bonds is 7. The molecule has 0 aromatic rings. The van der Waals surface area contributed by atoms with Crippen molar-refractivity contribution < 1.29 is 4.74 Å². The van der Waals surface area contributed by atoms with E-state index in [0.29, 0.717) is 11.8 Å². The lowest BCUT2D eigenvalue weighted by Gasteiger charge is -2.30. The molecule has 0 fully saturated rings. The molecule has 0 aromatic carbocycles. The van der Waals surface area contributed by atoms with Gasteiger partial charge in [0.1, 0.15) is 0 Å². The van der Waals surface area contributed by atoms with Crippen LogP contribution in [0.5, 0.6) is 0 Å². The van der Waals surface area contributed by atoms with Crippen molar-refractivity contribution in [3.63, 3.8) is 0 Å². The highest BCUT2D eigenvalue weighted by atomic mass is 35.5. The Hall–Kier alpha value is 0.250. The van der Waals surface area contributed by atoms with Gasteiger partial charge in [-0.2, -0.15) is 0 Å². The van der Waals surface area contributed by atoms with Crippen molar-refractivity contribution >= 4 is 11.6 Å². The zero-order valence-corrected chi connectivity index (χ0v) is 11.0. The first-order chi connectivity index (χ1) is 6.45. The third-order valence-electron chi connectivity index (χ3n) is 2.87. The molecule has 2 atom stereocenters. The van der Waals surface area contributed by atoms with Gasteiger partial charge in [0, 0.05) is 5.88 Å². The van der Waals surface area contributed by atoms with Gasteiger partial charge in [-0.15, -0.1) is 11.6 Å². The zero-order chi connectivity index (χ0) is 11.2. The van der Waals surface area contributed by atoms with Crippen LogP contribution in [-0.4, -0.2) is 17.6 Å². The molecule has 0 N–H and O–H groups in total. The van der Waals surface area contributed by atoms with Gasteiger partial charge in [-0.1, -0.05) is 27.2 Å². The number of hydrogen-bond acceptors (Lipinski definition) is 1. The van der Waals surface area contributed by atoms with Crippen molar-refractivity contribution in [2.75, 3.05) is 5.88 Å². The minimum Gasteiger partial charge on any atom is -0.371 e. The minimum atomic E-state index is -0.0347. The summed E-state index contributed by atoms with van der Waals surface area (Å²) < 4.78 is 5.98. The fraction of sp³-hybridized carbons (Fsp3) is 1.00. The topological polar surface area (TPSA) is 9.23 Å². The quantitative estimate of drug-likeness (QED) is 0.584. The first-order valence-corrected chi connectivity index (χ1v) is 6.22. The van der Waals surface area contributed by atoms with Gasteiger partial charge in [-0.05, 0) is 32.6 Å². The largest absolute Gasteiger partial charge is 0.371 e. The maximum atomic E-state index is 5.98. The van der Waals surface area contributed by atoms with Crippen LogP contribution in [0.25, 0.3) is 0 Å². The predicted octanol–water partition coefficient (Wildman–Crippen LogP) is 4.24. The molecule has 0 saturated heterocycles. The Balaban J connectivity index is 4.02. The molecule has 86 valence electrons. The van der Waals surface area contributed by atoms with Gasteiger partial charge >= 0.3 is 0 Å². The van der Waals surface area contributed by atoms with E-state index in [1.807, 2.05) is 0 Å². The molecule has 0 aliphatic heterocycles. The third-order valence-corrected chi connectivity index (χ3v) is 3.22. The highest BCUT2D eigenvalue weighted by Crippen LogP contribution is 2.22. The second-order valence-corrected chi connectivity index (χ2v) is 5.07. The van der Waals surface area contributed by atoms with Gasteiger partial charge < -0.3 is 4.74 Å². The SMILES string of the molecule is CCC(C)CC(CCl)OC(C)(C)CC. The maximum absolute atomic E-state index is 5.98. The molecule has 0 aromatic heterocycles. The summed E-state index contributed by atoms with van der Waals surface area (Å²) in [6.07, 6.45) is 3.51. The zero-order valence-electron chi connectivity index (χ0n) is 10.3. The van der Waals surface area contributed by atoms with Crippen molar-refractivity contribution in [1.29, 1.82) is 0 Å². The molecule has 2 unspecified atom stereocenters. The van der Waals surface area contributed by atoms with Crippen molar-refractivity contribution in [3.8, 4) is 0 Å². The summed E-state index contributed by atoms with van der Waals surface area (Å²) in [7, 11) is 0. The van der Waals surface area contributed by atoms with Crippen LogP contribution in [0.1, 0.15) is 53.9 Å². The van der Waals surface area contributed by atoms with Crippen molar-refractivity contribution in [3.05, 3.63) is 0 Å². The van der Waals surface area contributed by atoms with Crippen LogP contribution in [0.3, 0.4) is 0 Å². The van der Waals surface area contributed by atoms with Crippen LogP contribution >= 0.6 is 11.6 Å². The van der Waals surface area contributed by atoms with Gasteiger partial charge in [-0.25, -0.2) is 0 Å². The average molecular weight is 221 g/mol. The molecule has 1 nitrogen and oxygen atoms in total. The van der Waals surface area contributed by atoms with Gasteiger partial charge in [-0.3, -0.25) is 0 Å². The minimum absolute atomic E-state index is 0.0347. The molecule has 14 heavy (non-hydrogen) atoms. The first kappa shape index (κ1) is 14.2. The van der Waals surface area contributed by atoms with E-state index in [4.69, 9.17) is 16.3 Å². The maximum Gasteiger partial charge on any atom is 0.0720 e. The van der Waals surface area contributed by atoms with Crippen LogP contribution in [0.2, 0.25) is 0 Å².